The highest BCUT2D eigenvalue weighted by Crippen LogP contribution is 2.32. The second-order valence-electron chi connectivity index (χ2n) is 6.01. The van der Waals surface area contributed by atoms with Gasteiger partial charge in [-0.15, -0.1) is 0 Å². The first-order valence-electron chi connectivity index (χ1n) is 7.70. The molecule has 1 heteroatoms. The van der Waals surface area contributed by atoms with Gasteiger partial charge in [0, 0.05) is 11.9 Å². The number of anilines is 1. The van der Waals surface area contributed by atoms with Crippen LogP contribution in [0.15, 0.2) is 54.7 Å². The van der Waals surface area contributed by atoms with E-state index < -0.39 is 0 Å². The van der Waals surface area contributed by atoms with Crippen molar-refractivity contribution in [3.63, 3.8) is 0 Å². The molecule has 0 spiro atoms. The Bertz CT molecular complexity index is 568. The molecule has 2 rings (SSSR count). The molecule has 0 saturated heterocycles. The fourth-order valence-electron chi connectivity index (χ4n) is 2.50. The molecule has 110 valence electrons. The van der Waals surface area contributed by atoms with Crippen molar-refractivity contribution < 1.29 is 0 Å². The molecule has 0 radical (unpaired) electrons. The monoisotopic (exact) mass is 279 g/mol. The van der Waals surface area contributed by atoms with Gasteiger partial charge < -0.3 is 5.32 Å². The largest absolute Gasteiger partial charge is 0.361 e. The lowest BCUT2D eigenvalue weighted by molar-refractivity contribution is 0.838. The van der Waals surface area contributed by atoms with E-state index in [1.54, 1.807) is 0 Å². The van der Waals surface area contributed by atoms with Crippen molar-refractivity contribution in [2.45, 2.75) is 39.5 Å². The molecule has 1 nitrogen and oxygen atoms in total. The predicted octanol–water partition coefficient (Wildman–Crippen LogP) is 6.02. The number of rotatable bonds is 5. The van der Waals surface area contributed by atoms with Gasteiger partial charge in [-0.25, -0.2) is 0 Å². The molecule has 0 bridgehead atoms. The molecule has 0 amide bonds. The highest BCUT2D eigenvalue weighted by atomic mass is 14.8. The highest BCUT2D eigenvalue weighted by Gasteiger charge is 2.12. The Labute approximate surface area is 128 Å². The first kappa shape index (κ1) is 15.4. The Hall–Kier alpha value is -2.02. The van der Waals surface area contributed by atoms with E-state index in [2.05, 4.69) is 81.6 Å². The van der Waals surface area contributed by atoms with Crippen LogP contribution >= 0.6 is 0 Å². The number of benzene rings is 2. The number of hydrogen-bond donors (Lipinski definition) is 1. The van der Waals surface area contributed by atoms with Gasteiger partial charge in [-0.3, -0.25) is 0 Å². The molecule has 2 aromatic rings. The van der Waals surface area contributed by atoms with Crippen LogP contribution in [0.5, 0.6) is 0 Å². The molecule has 0 fully saturated rings. The lowest BCUT2D eigenvalue weighted by Crippen LogP contribution is -2.02. The molecule has 0 aliphatic carbocycles. The van der Waals surface area contributed by atoms with Gasteiger partial charge in [0.15, 0.2) is 0 Å². The van der Waals surface area contributed by atoms with Gasteiger partial charge in [-0.1, -0.05) is 76.2 Å². The number of para-hydroxylation sites is 1. The zero-order valence-electron chi connectivity index (χ0n) is 13.4. The molecular formula is C20H25N. The molecule has 0 aromatic heterocycles. The van der Waals surface area contributed by atoms with Crippen LogP contribution in [0.3, 0.4) is 0 Å². The summed E-state index contributed by atoms with van der Waals surface area (Å²) in [6, 6.07) is 17.0. The minimum Gasteiger partial charge on any atom is -0.361 e. The van der Waals surface area contributed by atoms with Crippen molar-refractivity contribution in [2.75, 3.05) is 5.32 Å². The van der Waals surface area contributed by atoms with E-state index in [4.69, 9.17) is 0 Å². The first-order valence-corrected chi connectivity index (χ1v) is 7.70. The average molecular weight is 279 g/mol. The topological polar surface area (TPSA) is 12.0 Å². The van der Waals surface area contributed by atoms with Gasteiger partial charge in [0.05, 0.1) is 0 Å². The maximum Gasteiger partial charge on any atom is 0.0450 e. The summed E-state index contributed by atoms with van der Waals surface area (Å²) in [6.07, 6.45) is 4.16. The van der Waals surface area contributed by atoms with Gasteiger partial charge in [0.2, 0.25) is 0 Å². The minimum absolute atomic E-state index is 0.510. The lowest BCUT2D eigenvalue weighted by atomic mass is 9.93. The number of nitrogens with one attached hydrogen (secondary N) is 1. The Morgan fingerprint density at radius 2 is 1.33 bits per heavy atom. The maximum absolute atomic E-state index is 3.51. The van der Waals surface area contributed by atoms with Crippen molar-refractivity contribution in [1.29, 1.82) is 0 Å². The van der Waals surface area contributed by atoms with Crippen LogP contribution in [-0.4, -0.2) is 0 Å². The van der Waals surface area contributed by atoms with Crippen molar-refractivity contribution in [1.82, 2.24) is 0 Å². The lowest BCUT2D eigenvalue weighted by Gasteiger charge is -2.19. The molecule has 0 atom stereocenters. The van der Waals surface area contributed by atoms with Crippen LogP contribution in [-0.2, 0) is 0 Å². The number of hydrogen-bond acceptors (Lipinski definition) is 1. The van der Waals surface area contributed by atoms with Crippen molar-refractivity contribution in [3.05, 3.63) is 71.4 Å². The van der Waals surface area contributed by atoms with Crippen molar-refractivity contribution in [2.24, 2.45) is 0 Å². The van der Waals surface area contributed by atoms with Crippen molar-refractivity contribution >= 4 is 11.8 Å². The SMILES string of the molecule is CC(C)c1cccc(C(C)C)c1NC=Cc1ccccc1. The van der Waals surface area contributed by atoms with Crippen LogP contribution in [0.4, 0.5) is 5.69 Å². The van der Waals surface area contributed by atoms with Crippen LogP contribution < -0.4 is 5.32 Å². The van der Waals surface area contributed by atoms with E-state index in [9.17, 15) is 0 Å². The molecular weight excluding hydrogens is 254 g/mol. The van der Waals surface area contributed by atoms with Gasteiger partial charge in [-0.05, 0) is 34.6 Å². The summed E-state index contributed by atoms with van der Waals surface area (Å²) in [5, 5.41) is 3.51. The molecule has 0 saturated carbocycles. The van der Waals surface area contributed by atoms with Gasteiger partial charge in [-0.2, -0.15) is 0 Å². The maximum atomic E-state index is 3.51. The minimum atomic E-state index is 0.510. The van der Waals surface area contributed by atoms with Crippen LogP contribution in [0.2, 0.25) is 0 Å². The predicted molar refractivity (Wildman–Crippen MR) is 93.7 cm³/mol. The molecule has 2 aromatic carbocycles. The second-order valence-corrected chi connectivity index (χ2v) is 6.01. The normalized spacial score (nSPS) is 11.5. The molecule has 0 aliphatic rings. The Morgan fingerprint density at radius 3 is 1.86 bits per heavy atom. The third-order valence-electron chi connectivity index (χ3n) is 3.68. The van der Waals surface area contributed by atoms with E-state index >= 15 is 0 Å². The quantitative estimate of drug-likeness (QED) is 0.706. The molecule has 0 unspecified atom stereocenters. The standard InChI is InChI=1S/C20H25N/c1-15(2)18-11-8-12-19(16(3)4)20(18)21-14-13-17-9-6-5-7-10-17/h5-16,21H,1-4H3. The Morgan fingerprint density at radius 1 is 0.762 bits per heavy atom. The van der Waals surface area contributed by atoms with Gasteiger partial charge in [0.1, 0.15) is 0 Å². The summed E-state index contributed by atoms with van der Waals surface area (Å²) in [7, 11) is 0. The van der Waals surface area contributed by atoms with Crippen molar-refractivity contribution in [3.8, 4) is 0 Å². The molecule has 0 heterocycles. The van der Waals surface area contributed by atoms with Gasteiger partial charge in [0.25, 0.3) is 0 Å². The van der Waals surface area contributed by atoms with E-state index in [1.807, 2.05) is 12.3 Å². The summed E-state index contributed by atoms with van der Waals surface area (Å²) in [4.78, 5) is 0. The summed E-state index contributed by atoms with van der Waals surface area (Å²) < 4.78 is 0. The zero-order valence-corrected chi connectivity index (χ0v) is 13.4. The van der Waals surface area contributed by atoms with Crippen LogP contribution in [0.25, 0.3) is 6.08 Å². The third kappa shape index (κ3) is 3.98. The first-order chi connectivity index (χ1) is 10.1. The Balaban J connectivity index is 2.27. The molecule has 1 N–H and O–H groups in total. The summed E-state index contributed by atoms with van der Waals surface area (Å²) in [5.74, 6) is 1.02. The summed E-state index contributed by atoms with van der Waals surface area (Å²) in [5.41, 5.74) is 5.21. The smallest absolute Gasteiger partial charge is 0.0450 e. The fraction of sp³-hybridized carbons (Fsp3) is 0.300. The van der Waals surface area contributed by atoms with Crippen LogP contribution in [0, 0.1) is 0 Å². The highest BCUT2D eigenvalue weighted by molar-refractivity contribution is 5.64. The van der Waals surface area contributed by atoms with Crippen LogP contribution in [0.1, 0.15) is 56.2 Å². The summed E-state index contributed by atoms with van der Waals surface area (Å²) in [6.45, 7) is 8.97. The average Bonchev–Trinajstić information content (AvgIpc) is 2.48. The van der Waals surface area contributed by atoms with E-state index in [1.165, 1.54) is 22.4 Å². The third-order valence-corrected chi connectivity index (χ3v) is 3.68. The molecule has 0 aliphatic heterocycles. The Kier molecular flexibility index (Phi) is 5.21. The van der Waals surface area contributed by atoms with Gasteiger partial charge >= 0.3 is 0 Å². The fourth-order valence-corrected chi connectivity index (χ4v) is 2.50. The second kappa shape index (κ2) is 7.12. The van der Waals surface area contributed by atoms with E-state index in [0.29, 0.717) is 11.8 Å². The zero-order chi connectivity index (χ0) is 15.2. The molecule has 21 heavy (non-hydrogen) atoms. The summed E-state index contributed by atoms with van der Waals surface area (Å²) >= 11 is 0. The van der Waals surface area contributed by atoms with E-state index in [0.717, 1.165) is 0 Å². The van der Waals surface area contributed by atoms with E-state index in [-0.39, 0.29) is 0 Å².